The summed E-state index contributed by atoms with van der Waals surface area (Å²) in [5.74, 6) is 0.384. The van der Waals surface area contributed by atoms with Gasteiger partial charge in [0, 0.05) is 17.6 Å². The number of fused-ring (bicyclic) bond motifs is 1. The molecule has 0 heterocycles. The number of aryl methyl sites for hydroxylation is 1. The predicted molar refractivity (Wildman–Crippen MR) is 136 cm³/mol. The number of halogens is 1. The van der Waals surface area contributed by atoms with Gasteiger partial charge in [-0.1, -0.05) is 36.7 Å². The van der Waals surface area contributed by atoms with Crippen molar-refractivity contribution in [2.45, 2.75) is 44.8 Å². The number of carbonyl (C=O) groups is 1. The second-order valence-electron chi connectivity index (χ2n) is 8.76. The van der Waals surface area contributed by atoms with Crippen molar-refractivity contribution in [1.29, 1.82) is 0 Å². The highest BCUT2D eigenvalue weighted by Crippen LogP contribution is 2.31. The lowest BCUT2D eigenvalue weighted by Gasteiger charge is -2.27. The third kappa shape index (κ3) is 6.54. The average molecular weight is 496 g/mol. The molecule has 0 aliphatic heterocycles. The summed E-state index contributed by atoms with van der Waals surface area (Å²) in [4.78, 5) is 11.7. The largest absolute Gasteiger partial charge is 0.493 e. The predicted octanol–water partition coefficient (Wildman–Crippen LogP) is 5.80. The lowest BCUT2D eigenvalue weighted by Crippen LogP contribution is -2.37. The Kier molecular flexibility index (Phi) is 8.29. The maximum absolute atomic E-state index is 11.7. The normalized spacial score (nSPS) is 15.8. The Labute approximate surface area is 210 Å². The summed E-state index contributed by atoms with van der Waals surface area (Å²) < 4.78 is 11.6. The van der Waals surface area contributed by atoms with E-state index in [4.69, 9.17) is 21.1 Å². The molecule has 0 amide bonds. The van der Waals surface area contributed by atoms with Gasteiger partial charge in [0.2, 0.25) is 0 Å². The molecular weight excluding hydrogens is 466 g/mol. The third-order valence-electron chi connectivity index (χ3n) is 6.12. The van der Waals surface area contributed by atoms with Crippen molar-refractivity contribution in [2.24, 2.45) is 0 Å². The Morgan fingerprint density at radius 2 is 1.91 bits per heavy atom. The number of rotatable bonds is 10. The van der Waals surface area contributed by atoms with E-state index in [0.29, 0.717) is 35.4 Å². The van der Waals surface area contributed by atoms with Crippen LogP contribution in [0.4, 0.5) is 0 Å². The number of ether oxygens (including phenoxy) is 2. The first kappa shape index (κ1) is 25.0. The topological polar surface area (TPSA) is 88.0 Å². The number of hydrogen-bond acceptors (Lipinski definition) is 5. The molecule has 3 N–H and O–H groups in total. The van der Waals surface area contributed by atoms with Crippen LogP contribution < -0.4 is 14.8 Å². The van der Waals surface area contributed by atoms with Crippen molar-refractivity contribution < 1.29 is 24.5 Å². The zero-order valence-electron chi connectivity index (χ0n) is 19.7. The van der Waals surface area contributed by atoms with Gasteiger partial charge in [0.25, 0.3) is 0 Å². The molecule has 1 aliphatic carbocycles. The van der Waals surface area contributed by atoms with Crippen LogP contribution >= 0.6 is 11.6 Å². The van der Waals surface area contributed by atoms with Gasteiger partial charge in [-0.05, 0) is 84.8 Å². The number of hydrogen-bond donors (Lipinski definition) is 3. The molecule has 184 valence electrons. The summed E-state index contributed by atoms with van der Waals surface area (Å²) in [6.45, 7) is 2.87. The van der Waals surface area contributed by atoms with Crippen molar-refractivity contribution >= 4 is 17.6 Å². The summed E-state index contributed by atoms with van der Waals surface area (Å²) >= 11 is 6.04. The van der Waals surface area contributed by atoms with Crippen LogP contribution in [0.15, 0.2) is 60.7 Å². The van der Waals surface area contributed by atoms with Gasteiger partial charge in [-0.2, -0.15) is 0 Å². The molecule has 6 nitrogen and oxygen atoms in total. The molecule has 3 aromatic carbocycles. The van der Waals surface area contributed by atoms with E-state index in [9.17, 15) is 15.0 Å². The smallest absolute Gasteiger partial charge is 0.339 e. The fraction of sp³-hybridized carbons (Fsp3) is 0.321. The highest BCUT2D eigenvalue weighted by Gasteiger charge is 2.21. The lowest BCUT2D eigenvalue weighted by molar-refractivity contribution is 0.0691. The Balaban J connectivity index is 1.40. The molecule has 0 radical (unpaired) electrons. The van der Waals surface area contributed by atoms with Crippen LogP contribution in [0.5, 0.6) is 17.2 Å². The van der Waals surface area contributed by atoms with E-state index in [1.165, 1.54) is 17.2 Å². The second kappa shape index (κ2) is 11.6. The van der Waals surface area contributed by atoms with Gasteiger partial charge >= 0.3 is 5.97 Å². The molecule has 0 bridgehead atoms. The molecule has 0 saturated carbocycles. The maximum Gasteiger partial charge on any atom is 0.339 e. The minimum atomic E-state index is -1.05. The van der Waals surface area contributed by atoms with Crippen molar-refractivity contribution in [2.75, 3.05) is 13.2 Å². The number of carboxylic acids is 1. The molecule has 0 aromatic heterocycles. The van der Waals surface area contributed by atoms with Gasteiger partial charge in [-0.15, -0.1) is 0 Å². The SMILES string of the molecule is CCCOc1ccc(Oc2ccc3c(c2)C[C@@H](NC[C@@H](O)c2cccc(Cl)c2)CC3)cc1C(=O)O. The summed E-state index contributed by atoms with van der Waals surface area (Å²) in [5.41, 5.74) is 3.34. The van der Waals surface area contributed by atoms with E-state index >= 15 is 0 Å². The molecule has 2 atom stereocenters. The Hall–Kier alpha value is -3.06. The van der Waals surface area contributed by atoms with Crippen molar-refractivity contribution in [3.8, 4) is 17.2 Å². The minimum absolute atomic E-state index is 0.0800. The molecule has 0 unspecified atom stereocenters. The van der Waals surface area contributed by atoms with E-state index in [1.54, 1.807) is 24.3 Å². The molecule has 1 aliphatic rings. The number of aromatic carboxylic acids is 1. The highest BCUT2D eigenvalue weighted by atomic mass is 35.5. The van der Waals surface area contributed by atoms with Crippen molar-refractivity contribution in [3.63, 3.8) is 0 Å². The number of benzene rings is 3. The lowest BCUT2D eigenvalue weighted by atomic mass is 9.88. The van der Waals surface area contributed by atoms with Crippen LogP contribution in [0, 0.1) is 0 Å². The standard InChI is InChI=1S/C28H30ClNO5/c1-2-12-34-27-11-10-24(16-25(27)28(32)33)35-23-9-7-18-6-8-22(14-20(18)15-23)30-17-26(31)19-4-3-5-21(29)13-19/h3-5,7,9-11,13,15-16,22,26,30-31H,2,6,8,12,14,17H2,1H3,(H,32,33)/t22-,26+/m0/s1. The molecule has 0 spiro atoms. The molecule has 0 fully saturated rings. The fourth-order valence-corrected chi connectivity index (χ4v) is 4.49. The first-order valence-corrected chi connectivity index (χ1v) is 12.3. The number of nitrogens with one attached hydrogen (secondary N) is 1. The zero-order valence-corrected chi connectivity index (χ0v) is 20.4. The Morgan fingerprint density at radius 3 is 2.69 bits per heavy atom. The fourth-order valence-electron chi connectivity index (χ4n) is 4.29. The van der Waals surface area contributed by atoms with Crippen molar-refractivity contribution in [1.82, 2.24) is 5.32 Å². The minimum Gasteiger partial charge on any atom is -0.493 e. The second-order valence-corrected chi connectivity index (χ2v) is 9.20. The van der Waals surface area contributed by atoms with Crippen LogP contribution in [0.25, 0.3) is 0 Å². The summed E-state index contributed by atoms with van der Waals surface area (Å²) in [6, 6.07) is 18.4. The molecule has 0 saturated heterocycles. The Bertz CT molecular complexity index is 1180. The third-order valence-corrected chi connectivity index (χ3v) is 6.35. The molecule has 7 heteroatoms. The quantitative estimate of drug-likeness (QED) is 0.329. The number of carboxylic acid groups (broad SMARTS) is 1. The first-order valence-electron chi connectivity index (χ1n) is 11.9. The van der Waals surface area contributed by atoms with Crippen LogP contribution in [0.1, 0.15) is 52.9 Å². The van der Waals surface area contributed by atoms with Gasteiger partial charge in [0.1, 0.15) is 22.8 Å². The van der Waals surface area contributed by atoms with E-state index in [-0.39, 0.29) is 11.6 Å². The number of aliphatic hydroxyl groups is 1. The van der Waals surface area contributed by atoms with Crippen LogP contribution in [-0.4, -0.2) is 35.4 Å². The van der Waals surface area contributed by atoms with Crippen LogP contribution in [0.3, 0.4) is 0 Å². The van der Waals surface area contributed by atoms with Gasteiger partial charge in [-0.25, -0.2) is 4.79 Å². The maximum atomic E-state index is 11.7. The summed E-state index contributed by atoms with van der Waals surface area (Å²) in [7, 11) is 0. The summed E-state index contributed by atoms with van der Waals surface area (Å²) in [5, 5.41) is 24.2. The molecule has 35 heavy (non-hydrogen) atoms. The van der Waals surface area contributed by atoms with Gasteiger partial charge in [0.15, 0.2) is 0 Å². The monoisotopic (exact) mass is 495 g/mol. The van der Waals surface area contributed by atoms with Crippen molar-refractivity contribution in [3.05, 3.63) is 87.9 Å². The first-order chi connectivity index (χ1) is 16.9. The van der Waals surface area contributed by atoms with Gasteiger partial charge in [-0.3, -0.25) is 0 Å². The van der Waals surface area contributed by atoms with Crippen LogP contribution in [0.2, 0.25) is 5.02 Å². The average Bonchev–Trinajstić information content (AvgIpc) is 2.86. The van der Waals surface area contributed by atoms with E-state index in [1.807, 2.05) is 31.2 Å². The molecular formula is C28H30ClNO5. The zero-order chi connectivity index (χ0) is 24.8. The molecule has 4 rings (SSSR count). The van der Waals surface area contributed by atoms with E-state index in [2.05, 4.69) is 11.4 Å². The van der Waals surface area contributed by atoms with E-state index < -0.39 is 12.1 Å². The van der Waals surface area contributed by atoms with E-state index in [0.717, 1.165) is 31.2 Å². The van der Waals surface area contributed by atoms with Gasteiger partial charge < -0.3 is 25.0 Å². The molecule has 3 aromatic rings. The van der Waals surface area contributed by atoms with Crippen LogP contribution in [-0.2, 0) is 12.8 Å². The summed E-state index contributed by atoms with van der Waals surface area (Å²) in [6.07, 6.45) is 2.91. The highest BCUT2D eigenvalue weighted by molar-refractivity contribution is 6.30. The Morgan fingerprint density at radius 1 is 1.11 bits per heavy atom. The number of aliphatic hydroxyl groups excluding tert-OH is 1. The van der Waals surface area contributed by atoms with Gasteiger partial charge in [0.05, 0.1) is 12.7 Å².